The van der Waals surface area contributed by atoms with Crippen molar-refractivity contribution in [3.05, 3.63) is 129 Å². The van der Waals surface area contributed by atoms with Gasteiger partial charge in [-0.25, -0.2) is 14.1 Å². The number of nitrogens with zero attached hydrogens (tertiary/aromatic N) is 3. The monoisotopic (exact) mass is 505 g/mol. The van der Waals surface area contributed by atoms with E-state index in [0.717, 1.165) is 16.7 Å². The summed E-state index contributed by atoms with van der Waals surface area (Å²) in [7, 11) is 0. The average molecular weight is 505 g/mol. The van der Waals surface area contributed by atoms with Crippen molar-refractivity contribution in [2.24, 2.45) is 0 Å². The van der Waals surface area contributed by atoms with Gasteiger partial charge in [0.2, 0.25) is 0 Å². The highest BCUT2D eigenvalue weighted by atomic mass is 127. The van der Waals surface area contributed by atoms with Gasteiger partial charge in [-0.05, 0) is 45.3 Å². The third kappa shape index (κ3) is 2.92. The van der Waals surface area contributed by atoms with E-state index in [2.05, 4.69) is 64.0 Å². The molecule has 146 valence electrons. The normalized spacial score (nSPS) is 11.7. The average Bonchev–Trinajstić information content (AvgIpc) is 3.12. The Morgan fingerprint density at radius 3 is 1.67 bits per heavy atom. The van der Waals surface area contributed by atoms with Gasteiger partial charge < -0.3 is 0 Å². The van der Waals surface area contributed by atoms with Gasteiger partial charge in [-0.3, -0.25) is 0 Å². The smallest absolute Gasteiger partial charge is 0.160 e. The first kappa shape index (κ1) is 18.9. The first-order valence-corrected chi connectivity index (χ1v) is 10.7. The van der Waals surface area contributed by atoms with E-state index in [9.17, 15) is 4.39 Å². The number of pyridine rings is 1. The molecule has 2 heterocycles. The molecule has 0 radical (unpaired) electrons. The maximum atomic E-state index is 14.0. The van der Waals surface area contributed by atoms with E-state index in [1.807, 2.05) is 59.3 Å². The van der Waals surface area contributed by atoms with Gasteiger partial charge in [0.05, 0.1) is 11.6 Å². The fourth-order valence-electron chi connectivity index (χ4n) is 4.08. The van der Waals surface area contributed by atoms with Crippen molar-refractivity contribution in [1.82, 2.24) is 14.8 Å². The summed E-state index contributed by atoms with van der Waals surface area (Å²) >= 11 is 2.16. The summed E-state index contributed by atoms with van der Waals surface area (Å²) in [5.74, 6) is -0.371. The Bertz CT molecular complexity index is 1210. The van der Waals surface area contributed by atoms with Crippen molar-refractivity contribution >= 4 is 33.6 Å². The summed E-state index contributed by atoms with van der Waals surface area (Å²) in [6.45, 7) is 0. The molecule has 0 N–H and O–H groups in total. The van der Waals surface area contributed by atoms with E-state index >= 15 is 0 Å². The topological polar surface area (TPSA) is 30.7 Å². The number of hydrogen-bond donors (Lipinski definition) is 0. The number of halogens is 2. The summed E-state index contributed by atoms with van der Waals surface area (Å²) in [5, 5.41) is 5.60. The second kappa shape index (κ2) is 7.65. The summed E-state index contributed by atoms with van der Waals surface area (Å²) < 4.78 is 16.6. The molecule has 0 aliphatic rings. The molecule has 3 aromatic carbocycles. The molecule has 5 heteroatoms. The van der Waals surface area contributed by atoms with Gasteiger partial charge in [0.15, 0.2) is 5.65 Å². The third-order valence-corrected chi connectivity index (χ3v) is 6.13. The molecule has 0 aliphatic carbocycles. The molecule has 30 heavy (non-hydrogen) atoms. The highest BCUT2D eigenvalue weighted by Gasteiger charge is 2.41. The van der Waals surface area contributed by atoms with Crippen LogP contribution in [0.25, 0.3) is 11.0 Å². The second-order valence-corrected chi connectivity index (χ2v) is 8.06. The Balaban J connectivity index is 1.98. The lowest BCUT2D eigenvalue weighted by Gasteiger charge is -2.36. The third-order valence-electron chi connectivity index (χ3n) is 5.34. The Labute approximate surface area is 187 Å². The Morgan fingerprint density at radius 2 is 1.20 bits per heavy atom. The highest BCUT2D eigenvalue weighted by molar-refractivity contribution is 14.1. The molecule has 0 aliphatic heterocycles. The lowest BCUT2D eigenvalue weighted by Crippen LogP contribution is -2.38. The molecule has 2 aromatic heterocycles. The van der Waals surface area contributed by atoms with Gasteiger partial charge in [0.25, 0.3) is 0 Å². The van der Waals surface area contributed by atoms with Crippen molar-refractivity contribution < 1.29 is 4.39 Å². The number of fused-ring (bicyclic) bond motifs is 1. The zero-order valence-electron chi connectivity index (χ0n) is 15.9. The number of benzene rings is 3. The van der Waals surface area contributed by atoms with Crippen LogP contribution in [0.5, 0.6) is 0 Å². The molecule has 0 saturated heterocycles. The molecule has 0 bridgehead atoms. The van der Waals surface area contributed by atoms with E-state index in [-0.39, 0.29) is 5.82 Å². The largest absolute Gasteiger partial charge is 0.234 e. The second-order valence-electron chi connectivity index (χ2n) is 7.04. The summed E-state index contributed by atoms with van der Waals surface area (Å²) in [5.41, 5.74) is 3.02. The number of aromatic nitrogens is 3. The van der Waals surface area contributed by atoms with E-state index in [0.29, 0.717) is 14.7 Å². The number of hydrogen-bond acceptors (Lipinski definition) is 2. The fraction of sp³-hybridized carbons (Fsp3) is 0.0400. The molecule has 0 unspecified atom stereocenters. The minimum Gasteiger partial charge on any atom is -0.234 e. The molecule has 0 atom stereocenters. The van der Waals surface area contributed by atoms with Crippen LogP contribution in [-0.4, -0.2) is 14.8 Å². The Morgan fingerprint density at radius 1 is 0.733 bits per heavy atom. The molecule has 0 fully saturated rings. The summed E-state index contributed by atoms with van der Waals surface area (Å²) in [4.78, 5) is 4.46. The van der Waals surface area contributed by atoms with Crippen LogP contribution in [0.2, 0.25) is 0 Å². The van der Waals surface area contributed by atoms with E-state index in [4.69, 9.17) is 5.10 Å². The lowest BCUT2D eigenvalue weighted by atomic mass is 9.77. The van der Waals surface area contributed by atoms with Crippen LogP contribution in [0, 0.1) is 9.52 Å². The first-order chi connectivity index (χ1) is 14.7. The molecule has 0 saturated carbocycles. The van der Waals surface area contributed by atoms with Crippen molar-refractivity contribution in [1.29, 1.82) is 0 Å². The van der Waals surface area contributed by atoms with Gasteiger partial charge in [-0.2, -0.15) is 5.10 Å². The van der Waals surface area contributed by atoms with Crippen LogP contribution < -0.4 is 0 Å². The zero-order chi connectivity index (χ0) is 20.6. The van der Waals surface area contributed by atoms with Crippen molar-refractivity contribution in [2.45, 2.75) is 5.54 Å². The molecular formula is C25H17FIN3. The summed E-state index contributed by atoms with van der Waals surface area (Å²) in [6, 6.07) is 32.3. The van der Waals surface area contributed by atoms with E-state index in [1.54, 1.807) is 0 Å². The predicted octanol–water partition coefficient (Wildman–Crippen LogP) is 6.02. The quantitative estimate of drug-likeness (QED) is 0.221. The Hall–Kier alpha value is -3.06. The fourth-order valence-corrected chi connectivity index (χ4v) is 4.69. The van der Waals surface area contributed by atoms with Crippen LogP contribution >= 0.6 is 22.6 Å². The van der Waals surface area contributed by atoms with Gasteiger partial charge >= 0.3 is 0 Å². The molecule has 0 spiro atoms. The lowest BCUT2D eigenvalue weighted by molar-refractivity contribution is 0.469. The van der Waals surface area contributed by atoms with Crippen LogP contribution in [0.3, 0.4) is 0 Å². The predicted molar refractivity (Wildman–Crippen MR) is 125 cm³/mol. The van der Waals surface area contributed by atoms with Crippen LogP contribution in [0.1, 0.15) is 16.7 Å². The molecule has 0 amide bonds. The van der Waals surface area contributed by atoms with Gasteiger partial charge in [0, 0.05) is 0 Å². The zero-order valence-corrected chi connectivity index (χ0v) is 18.1. The van der Waals surface area contributed by atoms with Crippen molar-refractivity contribution in [3.8, 4) is 0 Å². The van der Waals surface area contributed by atoms with E-state index < -0.39 is 5.54 Å². The van der Waals surface area contributed by atoms with Gasteiger partial charge in [-0.1, -0.05) is 91.0 Å². The minimum atomic E-state index is -0.768. The van der Waals surface area contributed by atoms with Gasteiger partial charge in [0.1, 0.15) is 15.1 Å². The standard InChI is InChI=1S/C25H17FIN3/c26-21-16-22-23(27)29-30(24(22)28-17-21)25(18-10-4-1-5-11-18,19-12-6-2-7-13-19)20-14-8-3-9-15-20/h1-17H. The van der Waals surface area contributed by atoms with Crippen LogP contribution in [0.15, 0.2) is 103 Å². The Kier molecular flexibility index (Phi) is 4.83. The molecule has 3 nitrogen and oxygen atoms in total. The maximum absolute atomic E-state index is 14.0. The molecular weight excluding hydrogens is 488 g/mol. The van der Waals surface area contributed by atoms with Crippen molar-refractivity contribution in [3.63, 3.8) is 0 Å². The first-order valence-electron chi connectivity index (χ1n) is 9.58. The molecule has 5 rings (SSSR count). The van der Waals surface area contributed by atoms with Crippen LogP contribution in [0.4, 0.5) is 4.39 Å². The SMILES string of the molecule is Fc1cnc2c(c1)c(I)nn2C(c1ccccc1)(c1ccccc1)c1ccccc1. The number of rotatable bonds is 4. The van der Waals surface area contributed by atoms with Crippen molar-refractivity contribution in [2.75, 3.05) is 0 Å². The van der Waals surface area contributed by atoms with E-state index in [1.165, 1.54) is 12.3 Å². The molecule has 5 aromatic rings. The highest BCUT2D eigenvalue weighted by Crippen LogP contribution is 2.42. The summed E-state index contributed by atoms with van der Waals surface area (Å²) in [6.07, 6.45) is 1.25. The van der Waals surface area contributed by atoms with Crippen LogP contribution in [-0.2, 0) is 5.54 Å². The van der Waals surface area contributed by atoms with Gasteiger partial charge in [-0.15, -0.1) is 0 Å². The minimum absolute atomic E-state index is 0.371. The maximum Gasteiger partial charge on any atom is 0.160 e.